The van der Waals surface area contributed by atoms with Crippen LogP contribution >= 0.6 is 0 Å². The number of nitrogens with zero attached hydrogens (tertiary/aromatic N) is 2. The summed E-state index contributed by atoms with van der Waals surface area (Å²) in [5.41, 5.74) is 1.63. The molecule has 0 heterocycles. The zero-order valence-electron chi connectivity index (χ0n) is 24.9. The monoisotopic (exact) mass is 579 g/mol. The first-order valence-corrected chi connectivity index (χ1v) is 15.1. The van der Waals surface area contributed by atoms with E-state index in [4.69, 9.17) is 4.74 Å². The number of carbonyl (C=O) groups excluding carboxylic acids is 2. The zero-order chi connectivity index (χ0) is 30.4. The predicted molar refractivity (Wildman–Crippen MR) is 162 cm³/mol. The van der Waals surface area contributed by atoms with E-state index in [2.05, 4.69) is 19.2 Å². The highest BCUT2D eigenvalue weighted by molar-refractivity contribution is 7.92. The molecule has 0 saturated carbocycles. The van der Waals surface area contributed by atoms with Gasteiger partial charge in [-0.05, 0) is 81.1 Å². The number of carbonyl (C=O) groups is 2. The maximum atomic E-state index is 14.1. The molecule has 3 rings (SSSR count). The summed E-state index contributed by atoms with van der Waals surface area (Å²) in [6.07, 6.45) is 0. The van der Waals surface area contributed by atoms with E-state index in [9.17, 15) is 18.0 Å². The number of benzene rings is 3. The van der Waals surface area contributed by atoms with Crippen LogP contribution in [0.4, 0.5) is 5.69 Å². The summed E-state index contributed by atoms with van der Waals surface area (Å²) in [5.74, 6) is 0.00920. The molecule has 0 unspecified atom stereocenters. The van der Waals surface area contributed by atoms with Crippen LogP contribution in [0, 0.1) is 0 Å². The molecule has 0 aliphatic carbocycles. The first-order valence-electron chi connectivity index (χ1n) is 13.6. The number of nitrogens with one attached hydrogen (secondary N) is 1. The molecule has 0 fully saturated rings. The standard InChI is InChI=1S/C32H41N3O5S/c1-23(2)26-16-18-27(19-17-26)35(41(38,39)29-14-9-8-10-15-29)22-30(36)34(24(3)31(37)33-32(4,5)6)21-25-12-11-13-28(20-25)40-7/h8-20,23-24H,21-22H2,1-7H3,(H,33,37)/t24-/m0/s1. The minimum Gasteiger partial charge on any atom is -0.497 e. The van der Waals surface area contributed by atoms with Gasteiger partial charge in [0.2, 0.25) is 11.8 Å². The summed E-state index contributed by atoms with van der Waals surface area (Å²) in [4.78, 5) is 28.8. The molecule has 0 radical (unpaired) electrons. The Bertz CT molecular complexity index is 1430. The molecule has 41 heavy (non-hydrogen) atoms. The van der Waals surface area contributed by atoms with E-state index in [0.29, 0.717) is 11.4 Å². The zero-order valence-corrected chi connectivity index (χ0v) is 25.7. The van der Waals surface area contributed by atoms with E-state index >= 15 is 0 Å². The molecular weight excluding hydrogens is 538 g/mol. The van der Waals surface area contributed by atoms with Crippen LogP contribution in [0.3, 0.4) is 0 Å². The maximum Gasteiger partial charge on any atom is 0.264 e. The third-order valence-corrected chi connectivity index (χ3v) is 8.40. The Kier molecular flexibility index (Phi) is 10.2. The first-order chi connectivity index (χ1) is 19.2. The van der Waals surface area contributed by atoms with E-state index in [1.54, 1.807) is 62.6 Å². The second kappa shape index (κ2) is 13.2. The van der Waals surface area contributed by atoms with Crippen LogP contribution in [0.25, 0.3) is 0 Å². The van der Waals surface area contributed by atoms with E-state index in [0.717, 1.165) is 15.4 Å². The number of anilines is 1. The number of hydrogen-bond acceptors (Lipinski definition) is 5. The summed E-state index contributed by atoms with van der Waals surface area (Å²) in [6, 6.07) is 21.5. The molecule has 1 N–H and O–H groups in total. The number of sulfonamides is 1. The van der Waals surface area contributed by atoms with Gasteiger partial charge in [-0.3, -0.25) is 13.9 Å². The quantitative estimate of drug-likeness (QED) is 0.331. The lowest BCUT2D eigenvalue weighted by Gasteiger charge is -2.33. The van der Waals surface area contributed by atoms with Crippen LogP contribution in [0.15, 0.2) is 83.8 Å². The molecule has 8 nitrogen and oxygen atoms in total. The molecule has 220 valence electrons. The van der Waals surface area contributed by atoms with Gasteiger partial charge in [0, 0.05) is 12.1 Å². The van der Waals surface area contributed by atoms with E-state index < -0.39 is 34.1 Å². The van der Waals surface area contributed by atoms with Crippen molar-refractivity contribution in [2.24, 2.45) is 0 Å². The average Bonchev–Trinajstić information content (AvgIpc) is 2.93. The predicted octanol–water partition coefficient (Wildman–Crippen LogP) is 5.35. The van der Waals surface area contributed by atoms with Crippen molar-refractivity contribution in [3.8, 4) is 5.75 Å². The molecule has 0 spiro atoms. The Hall–Kier alpha value is -3.85. The molecule has 0 saturated heterocycles. The third kappa shape index (κ3) is 8.33. The van der Waals surface area contributed by atoms with Gasteiger partial charge in [0.05, 0.1) is 17.7 Å². The van der Waals surface area contributed by atoms with Crippen molar-refractivity contribution in [2.45, 2.75) is 70.5 Å². The number of amides is 2. The van der Waals surface area contributed by atoms with E-state index in [1.165, 1.54) is 17.0 Å². The van der Waals surface area contributed by atoms with Crippen molar-refractivity contribution in [1.29, 1.82) is 0 Å². The van der Waals surface area contributed by atoms with Crippen LogP contribution in [-0.2, 0) is 26.2 Å². The molecule has 0 bridgehead atoms. The fraction of sp³-hybridized carbons (Fsp3) is 0.375. The van der Waals surface area contributed by atoms with Gasteiger partial charge in [0.1, 0.15) is 18.3 Å². The molecule has 0 aromatic heterocycles. The van der Waals surface area contributed by atoms with Crippen molar-refractivity contribution in [3.63, 3.8) is 0 Å². The van der Waals surface area contributed by atoms with Gasteiger partial charge < -0.3 is 15.0 Å². The summed E-state index contributed by atoms with van der Waals surface area (Å²) in [7, 11) is -2.55. The third-order valence-electron chi connectivity index (χ3n) is 6.61. The van der Waals surface area contributed by atoms with E-state index in [-0.39, 0.29) is 23.3 Å². The van der Waals surface area contributed by atoms with Gasteiger partial charge in [-0.25, -0.2) is 8.42 Å². The number of rotatable bonds is 11. The lowest BCUT2D eigenvalue weighted by Crippen LogP contribution is -2.54. The van der Waals surface area contributed by atoms with Crippen molar-refractivity contribution in [1.82, 2.24) is 10.2 Å². The van der Waals surface area contributed by atoms with Crippen LogP contribution in [-0.4, -0.2) is 50.4 Å². The molecule has 9 heteroatoms. The summed E-state index contributed by atoms with van der Waals surface area (Å²) in [6.45, 7) is 10.9. The van der Waals surface area contributed by atoms with Crippen LogP contribution < -0.4 is 14.4 Å². The largest absolute Gasteiger partial charge is 0.497 e. The molecule has 0 aliphatic heterocycles. The Balaban J connectivity index is 2.05. The van der Waals surface area contributed by atoms with Gasteiger partial charge in [-0.15, -0.1) is 0 Å². The first kappa shape index (κ1) is 31.7. The summed E-state index contributed by atoms with van der Waals surface area (Å²) >= 11 is 0. The molecule has 3 aromatic carbocycles. The average molecular weight is 580 g/mol. The Morgan fingerprint density at radius 2 is 1.54 bits per heavy atom. The minimum atomic E-state index is -4.11. The molecular formula is C32H41N3O5S. The highest BCUT2D eigenvalue weighted by Gasteiger charge is 2.33. The van der Waals surface area contributed by atoms with Crippen LogP contribution in [0.1, 0.15) is 58.6 Å². The van der Waals surface area contributed by atoms with E-state index in [1.807, 2.05) is 39.0 Å². The summed E-state index contributed by atoms with van der Waals surface area (Å²) in [5, 5.41) is 2.93. The van der Waals surface area contributed by atoms with Crippen molar-refractivity contribution in [3.05, 3.63) is 90.0 Å². The van der Waals surface area contributed by atoms with Gasteiger partial charge >= 0.3 is 0 Å². The second-order valence-electron chi connectivity index (χ2n) is 11.4. The topological polar surface area (TPSA) is 96.0 Å². The van der Waals surface area contributed by atoms with Crippen molar-refractivity contribution in [2.75, 3.05) is 18.0 Å². The molecule has 0 aliphatic rings. The van der Waals surface area contributed by atoms with Crippen LogP contribution in [0.2, 0.25) is 0 Å². The lowest BCUT2D eigenvalue weighted by molar-refractivity contribution is -0.140. The number of ether oxygens (including phenoxy) is 1. The van der Waals surface area contributed by atoms with Gasteiger partial charge in [0.15, 0.2) is 0 Å². The lowest BCUT2D eigenvalue weighted by atomic mass is 10.0. The Morgan fingerprint density at radius 3 is 2.10 bits per heavy atom. The highest BCUT2D eigenvalue weighted by atomic mass is 32.2. The van der Waals surface area contributed by atoms with Crippen molar-refractivity contribution < 1.29 is 22.7 Å². The Morgan fingerprint density at radius 1 is 0.902 bits per heavy atom. The number of hydrogen-bond donors (Lipinski definition) is 1. The minimum absolute atomic E-state index is 0.0682. The molecule has 3 aromatic rings. The maximum absolute atomic E-state index is 14.1. The Labute approximate surface area is 244 Å². The fourth-order valence-electron chi connectivity index (χ4n) is 4.30. The molecule has 2 amide bonds. The SMILES string of the molecule is COc1cccc(CN(C(=O)CN(c2ccc(C(C)C)cc2)S(=O)(=O)c2ccccc2)[C@@H](C)C(=O)NC(C)(C)C)c1. The summed E-state index contributed by atoms with van der Waals surface area (Å²) < 4.78 is 34.3. The van der Waals surface area contributed by atoms with Gasteiger partial charge in [-0.2, -0.15) is 0 Å². The normalized spacial score (nSPS) is 12.5. The van der Waals surface area contributed by atoms with Gasteiger partial charge in [-0.1, -0.05) is 56.3 Å². The smallest absolute Gasteiger partial charge is 0.264 e. The van der Waals surface area contributed by atoms with Crippen LogP contribution in [0.5, 0.6) is 5.75 Å². The van der Waals surface area contributed by atoms with Crippen molar-refractivity contribution >= 4 is 27.5 Å². The second-order valence-corrected chi connectivity index (χ2v) is 13.2. The van der Waals surface area contributed by atoms with Gasteiger partial charge in [0.25, 0.3) is 10.0 Å². The number of methoxy groups -OCH3 is 1. The fourth-order valence-corrected chi connectivity index (χ4v) is 5.73. The highest BCUT2D eigenvalue weighted by Crippen LogP contribution is 2.27. The molecule has 1 atom stereocenters.